The predicted octanol–water partition coefficient (Wildman–Crippen LogP) is 0.954. The molecule has 0 atom stereocenters. The quantitative estimate of drug-likeness (QED) is 0.690. The summed E-state index contributed by atoms with van der Waals surface area (Å²) >= 11 is 0. The lowest BCUT2D eigenvalue weighted by atomic mass is 10.2. The van der Waals surface area contributed by atoms with Crippen LogP contribution in [0.3, 0.4) is 0 Å². The van der Waals surface area contributed by atoms with Gasteiger partial charge in [-0.25, -0.2) is 4.79 Å². The first kappa shape index (κ1) is 10.8. The summed E-state index contributed by atoms with van der Waals surface area (Å²) in [5, 5.41) is 5.23. The first-order chi connectivity index (χ1) is 7.37. The topological polar surface area (TPSA) is 78.2 Å². The molecule has 2 N–H and O–H groups in total. The van der Waals surface area contributed by atoms with Crippen LogP contribution < -0.4 is 5.56 Å². The Balaban J connectivity index is 2.07. The number of H-pyrrole nitrogens is 2. The summed E-state index contributed by atoms with van der Waals surface area (Å²) in [7, 11) is 0. The number of hydrogen-bond acceptors (Lipinski definition) is 3. The fourth-order valence-corrected chi connectivity index (χ4v) is 1.62. The van der Waals surface area contributed by atoms with Gasteiger partial charge in [0.2, 0.25) is 0 Å². The molecule has 0 radical (unpaired) electrons. The Morgan fingerprint density at radius 1 is 1.31 bits per heavy atom. The third-order valence-corrected chi connectivity index (χ3v) is 2.31. The standard InChI is InChI=1S/C10H15N3O3/c1-10(2,3)16-9(15)13-4-6-7(5-13)11-12-8(6)14/h4-5H2,1-3H3,(H2,11,12,14). The summed E-state index contributed by atoms with van der Waals surface area (Å²) in [5.74, 6) is 0. The van der Waals surface area contributed by atoms with Crippen LogP contribution in [0.4, 0.5) is 4.79 Å². The van der Waals surface area contributed by atoms with Crippen LogP contribution in [0.1, 0.15) is 32.0 Å². The molecule has 88 valence electrons. The van der Waals surface area contributed by atoms with Crippen molar-refractivity contribution in [2.75, 3.05) is 0 Å². The first-order valence-corrected chi connectivity index (χ1v) is 5.13. The van der Waals surface area contributed by atoms with Crippen LogP contribution in [0.5, 0.6) is 0 Å². The van der Waals surface area contributed by atoms with E-state index in [4.69, 9.17) is 4.74 Å². The molecule has 0 aromatic carbocycles. The monoisotopic (exact) mass is 225 g/mol. The average molecular weight is 225 g/mol. The molecule has 1 amide bonds. The minimum absolute atomic E-state index is 0.166. The van der Waals surface area contributed by atoms with E-state index in [0.29, 0.717) is 18.7 Å². The molecule has 0 saturated heterocycles. The molecule has 2 heterocycles. The zero-order chi connectivity index (χ0) is 11.9. The van der Waals surface area contributed by atoms with Gasteiger partial charge in [0.05, 0.1) is 24.3 Å². The maximum atomic E-state index is 11.7. The van der Waals surface area contributed by atoms with Gasteiger partial charge in [-0.3, -0.25) is 14.8 Å². The highest BCUT2D eigenvalue weighted by atomic mass is 16.6. The summed E-state index contributed by atoms with van der Waals surface area (Å²) in [4.78, 5) is 24.5. The Hall–Kier alpha value is -1.72. The van der Waals surface area contributed by atoms with E-state index in [1.165, 1.54) is 4.90 Å². The van der Waals surface area contributed by atoms with Crippen molar-refractivity contribution in [2.24, 2.45) is 0 Å². The number of nitrogens with one attached hydrogen (secondary N) is 2. The number of carbonyl (C=O) groups excluding carboxylic acids is 1. The van der Waals surface area contributed by atoms with Gasteiger partial charge in [-0.15, -0.1) is 0 Å². The van der Waals surface area contributed by atoms with Crippen LogP contribution in [0, 0.1) is 0 Å². The molecule has 0 spiro atoms. The molecule has 1 aromatic heterocycles. The second-order valence-electron chi connectivity index (χ2n) is 4.87. The number of carbonyl (C=O) groups is 1. The fourth-order valence-electron chi connectivity index (χ4n) is 1.62. The average Bonchev–Trinajstić information content (AvgIpc) is 2.65. The van der Waals surface area contributed by atoms with E-state index in [1.807, 2.05) is 20.8 Å². The maximum Gasteiger partial charge on any atom is 0.410 e. The van der Waals surface area contributed by atoms with Gasteiger partial charge in [-0.2, -0.15) is 0 Å². The van der Waals surface area contributed by atoms with Crippen molar-refractivity contribution in [1.82, 2.24) is 15.1 Å². The van der Waals surface area contributed by atoms with Crippen LogP contribution >= 0.6 is 0 Å². The number of hydrogen-bond donors (Lipinski definition) is 2. The molecule has 1 aliphatic heterocycles. The van der Waals surface area contributed by atoms with Crippen LogP contribution in [0.25, 0.3) is 0 Å². The van der Waals surface area contributed by atoms with Crippen molar-refractivity contribution < 1.29 is 9.53 Å². The molecule has 0 saturated carbocycles. The Labute approximate surface area is 92.6 Å². The Morgan fingerprint density at radius 3 is 2.56 bits per heavy atom. The predicted molar refractivity (Wildman–Crippen MR) is 56.9 cm³/mol. The highest BCUT2D eigenvalue weighted by molar-refractivity contribution is 5.69. The van der Waals surface area contributed by atoms with Crippen LogP contribution in [-0.4, -0.2) is 26.8 Å². The summed E-state index contributed by atoms with van der Waals surface area (Å²) in [5.41, 5.74) is 0.697. The van der Waals surface area contributed by atoms with Gasteiger partial charge >= 0.3 is 6.09 Å². The number of ether oxygens (including phenoxy) is 1. The molecule has 0 bridgehead atoms. The van der Waals surface area contributed by atoms with Gasteiger partial charge in [-0.1, -0.05) is 0 Å². The fraction of sp³-hybridized carbons (Fsp3) is 0.600. The summed E-state index contributed by atoms with van der Waals surface area (Å²) in [6.07, 6.45) is -0.392. The minimum atomic E-state index is -0.514. The van der Waals surface area contributed by atoms with Gasteiger partial charge in [0, 0.05) is 0 Å². The lowest BCUT2D eigenvalue weighted by Crippen LogP contribution is -2.34. The van der Waals surface area contributed by atoms with Crippen LogP contribution in [-0.2, 0) is 17.8 Å². The third-order valence-electron chi connectivity index (χ3n) is 2.31. The molecule has 0 aliphatic carbocycles. The number of amides is 1. The highest BCUT2D eigenvalue weighted by Crippen LogP contribution is 2.20. The first-order valence-electron chi connectivity index (χ1n) is 5.13. The summed E-state index contributed by atoms with van der Waals surface area (Å²) in [6.45, 7) is 6.14. The molecule has 0 fully saturated rings. The van der Waals surface area contributed by atoms with E-state index in [1.54, 1.807) is 0 Å². The molecule has 1 aromatic rings. The number of aromatic amines is 2. The molecule has 16 heavy (non-hydrogen) atoms. The second-order valence-corrected chi connectivity index (χ2v) is 4.87. The second kappa shape index (κ2) is 3.40. The minimum Gasteiger partial charge on any atom is -0.444 e. The van der Waals surface area contributed by atoms with E-state index >= 15 is 0 Å². The van der Waals surface area contributed by atoms with E-state index in [-0.39, 0.29) is 5.56 Å². The normalized spacial score (nSPS) is 15.1. The van der Waals surface area contributed by atoms with Crippen LogP contribution in [0.2, 0.25) is 0 Å². The number of nitrogens with zero attached hydrogens (tertiary/aromatic N) is 1. The molecule has 1 aliphatic rings. The lowest BCUT2D eigenvalue weighted by Gasteiger charge is -2.24. The Kier molecular flexibility index (Phi) is 2.29. The van der Waals surface area contributed by atoms with Gasteiger partial charge in [0.25, 0.3) is 5.56 Å². The number of aromatic nitrogens is 2. The van der Waals surface area contributed by atoms with E-state index in [9.17, 15) is 9.59 Å². The highest BCUT2D eigenvalue weighted by Gasteiger charge is 2.30. The number of fused-ring (bicyclic) bond motifs is 1. The largest absolute Gasteiger partial charge is 0.444 e. The van der Waals surface area contributed by atoms with Crippen LogP contribution in [0.15, 0.2) is 4.79 Å². The third kappa shape index (κ3) is 1.95. The van der Waals surface area contributed by atoms with Gasteiger partial charge in [-0.05, 0) is 20.8 Å². The molecule has 0 unspecified atom stereocenters. The molecule has 6 nitrogen and oxygen atoms in total. The molecular weight excluding hydrogens is 210 g/mol. The van der Waals surface area contributed by atoms with Gasteiger partial charge < -0.3 is 9.84 Å². The van der Waals surface area contributed by atoms with Crippen molar-refractivity contribution >= 4 is 6.09 Å². The van der Waals surface area contributed by atoms with Crippen molar-refractivity contribution in [1.29, 1.82) is 0 Å². The Morgan fingerprint density at radius 2 is 2.00 bits per heavy atom. The molecule has 6 heteroatoms. The van der Waals surface area contributed by atoms with Crippen molar-refractivity contribution in [2.45, 2.75) is 39.5 Å². The lowest BCUT2D eigenvalue weighted by molar-refractivity contribution is 0.0239. The number of rotatable bonds is 0. The Bertz CT molecular complexity index is 466. The van der Waals surface area contributed by atoms with E-state index < -0.39 is 11.7 Å². The summed E-state index contributed by atoms with van der Waals surface area (Å²) in [6, 6.07) is 0. The van der Waals surface area contributed by atoms with E-state index in [2.05, 4.69) is 10.2 Å². The van der Waals surface area contributed by atoms with Crippen molar-refractivity contribution in [3.05, 3.63) is 21.6 Å². The zero-order valence-electron chi connectivity index (χ0n) is 9.59. The van der Waals surface area contributed by atoms with Gasteiger partial charge in [0.15, 0.2) is 0 Å². The zero-order valence-corrected chi connectivity index (χ0v) is 9.59. The van der Waals surface area contributed by atoms with Crippen molar-refractivity contribution in [3.63, 3.8) is 0 Å². The summed E-state index contributed by atoms with van der Waals surface area (Å²) < 4.78 is 5.22. The van der Waals surface area contributed by atoms with Crippen molar-refractivity contribution in [3.8, 4) is 0 Å². The molecular formula is C10H15N3O3. The smallest absolute Gasteiger partial charge is 0.410 e. The van der Waals surface area contributed by atoms with E-state index in [0.717, 1.165) is 5.69 Å². The maximum absolute atomic E-state index is 11.7. The van der Waals surface area contributed by atoms with Gasteiger partial charge in [0.1, 0.15) is 5.60 Å². The molecule has 2 rings (SSSR count). The SMILES string of the molecule is CC(C)(C)OC(=O)N1Cc2[nH][nH]c(=O)c2C1.